The van der Waals surface area contributed by atoms with E-state index >= 15 is 0 Å². The largest absolute Gasteiger partial charge is 0.453 e. The number of amides is 1. The van der Waals surface area contributed by atoms with Crippen LogP contribution in [0.3, 0.4) is 0 Å². The van der Waals surface area contributed by atoms with Crippen molar-refractivity contribution in [3.8, 4) is 6.07 Å². The van der Waals surface area contributed by atoms with Crippen LogP contribution in [0.15, 0.2) is 36.5 Å². The molecule has 4 rings (SSSR count). The third-order valence-corrected chi connectivity index (χ3v) is 4.09. The van der Waals surface area contributed by atoms with Crippen molar-refractivity contribution in [3.63, 3.8) is 0 Å². The van der Waals surface area contributed by atoms with Gasteiger partial charge < -0.3 is 15.4 Å². The van der Waals surface area contributed by atoms with Gasteiger partial charge in [-0.15, -0.1) is 5.10 Å². The van der Waals surface area contributed by atoms with Gasteiger partial charge in [-0.2, -0.15) is 9.78 Å². The maximum Gasteiger partial charge on any atom is 0.411 e. The molecule has 2 heterocycles. The van der Waals surface area contributed by atoms with E-state index in [9.17, 15) is 10.1 Å². The van der Waals surface area contributed by atoms with Gasteiger partial charge in [-0.25, -0.2) is 9.78 Å². The van der Waals surface area contributed by atoms with E-state index in [0.717, 1.165) is 24.2 Å². The molecule has 0 aliphatic heterocycles. The normalized spacial score (nSPS) is 13.0. The lowest BCUT2D eigenvalue weighted by Crippen LogP contribution is -2.11. The Morgan fingerprint density at radius 2 is 2.15 bits per heavy atom. The summed E-state index contributed by atoms with van der Waals surface area (Å²) in [5.41, 5.74) is 3.11. The van der Waals surface area contributed by atoms with Crippen LogP contribution in [0.1, 0.15) is 18.5 Å². The molecule has 9 nitrogen and oxygen atoms in total. The number of hydrogen-bond acceptors (Lipinski definition) is 7. The topological polar surface area (TPSA) is 116 Å². The molecule has 1 aliphatic rings. The molecule has 3 N–H and O–H groups in total. The number of hydrogen-bond donors (Lipinski definition) is 3. The van der Waals surface area contributed by atoms with Gasteiger partial charge in [-0.3, -0.25) is 5.32 Å². The molecule has 0 unspecified atom stereocenters. The van der Waals surface area contributed by atoms with Crippen molar-refractivity contribution in [1.29, 1.82) is 5.26 Å². The molecule has 0 saturated heterocycles. The van der Waals surface area contributed by atoms with Crippen molar-refractivity contribution in [2.45, 2.75) is 18.9 Å². The van der Waals surface area contributed by atoms with Crippen LogP contribution in [-0.4, -0.2) is 33.8 Å². The Kier molecular flexibility index (Phi) is 4.22. The van der Waals surface area contributed by atoms with Crippen LogP contribution in [0.25, 0.3) is 5.65 Å². The quantitative estimate of drug-likeness (QED) is 0.638. The Morgan fingerprint density at radius 1 is 1.33 bits per heavy atom. The van der Waals surface area contributed by atoms with Gasteiger partial charge in [0.2, 0.25) is 0 Å². The van der Waals surface area contributed by atoms with Gasteiger partial charge in [-0.1, -0.05) is 6.07 Å². The number of rotatable bonds is 5. The Bertz CT molecular complexity index is 1050. The Hall–Kier alpha value is -3.80. The van der Waals surface area contributed by atoms with Gasteiger partial charge in [0.15, 0.2) is 17.2 Å². The number of nitrogens with one attached hydrogen (secondary N) is 3. The lowest BCUT2D eigenvalue weighted by atomic mass is 10.2. The highest BCUT2D eigenvalue weighted by Gasteiger charge is 2.23. The molecular weight excluding hydrogens is 346 g/mol. The molecule has 27 heavy (non-hydrogen) atoms. The van der Waals surface area contributed by atoms with Crippen LogP contribution in [-0.2, 0) is 4.74 Å². The predicted molar refractivity (Wildman–Crippen MR) is 100 cm³/mol. The Morgan fingerprint density at radius 3 is 2.89 bits per heavy atom. The van der Waals surface area contributed by atoms with Gasteiger partial charge in [-0.05, 0) is 31.0 Å². The van der Waals surface area contributed by atoms with Gasteiger partial charge in [0.1, 0.15) is 6.07 Å². The highest BCUT2D eigenvalue weighted by molar-refractivity contribution is 5.85. The molecule has 3 aromatic rings. The minimum Gasteiger partial charge on any atom is -0.453 e. The number of anilines is 4. The molecule has 1 saturated carbocycles. The molecule has 9 heteroatoms. The number of ether oxygens (including phenoxy) is 1. The van der Waals surface area contributed by atoms with Crippen molar-refractivity contribution in [1.82, 2.24) is 14.6 Å². The third kappa shape index (κ3) is 3.59. The molecule has 1 aromatic carbocycles. The summed E-state index contributed by atoms with van der Waals surface area (Å²) in [5, 5.41) is 23.0. The third-order valence-electron chi connectivity index (χ3n) is 4.09. The summed E-state index contributed by atoms with van der Waals surface area (Å²) in [6.45, 7) is 0. The second kappa shape index (κ2) is 6.84. The first-order chi connectivity index (χ1) is 13.2. The van der Waals surface area contributed by atoms with Crippen molar-refractivity contribution in [2.24, 2.45) is 0 Å². The minimum absolute atomic E-state index is 0.355. The number of imidazole rings is 1. The number of carbonyl (C=O) groups is 1. The number of nitrogens with zero attached hydrogens (tertiary/aromatic N) is 4. The van der Waals surface area contributed by atoms with E-state index in [2.05, 4.69) is 36.8 Å². The maximum atomic E-state index is 11.4. The first kappa shape index (κ1) is 16.7. The summed E-state index contributed by atoms with van der Waals surface area (Å²) in [5.74, 6) is 0.551. The highest BCUT2D eigenvalue weighted by Crippen LogP contribution is 2.29. The molecule has 2 aromatic heterocycles. The van der Waals surface area contributed by atoms with Crippen LogP contribution < -0.4 is 16.0 Å². The highest BCUT2D eigenvalue weighted by atomic mass is 16.5. The lowest BCUT2D eigenvalue weighted by molar-refractivity contribution is 0.187. The van der Waals surface area contributed by atoms with E-state index in [1.54, 1.807) is 18.2 Å². The molecular formula is C18H17N7O2. The molecule has 1 aliphatic carbocycles. The second-order valence-electron chi connectivity index (χ2n) is 6.17. The monoisotopic (exact) mass is 363 g/mol. The van der Waals surface area contributed by atoms with Crippen LogP contribution in [0.5, 0.6) is 0 Å². The van der Waals surface area contributed by atoms with Crippen LogP contribution >= 0.6 is 0 Å². The SMILES string of the molecule is COC(=O)Nc1cccc(Nc2cc(NC3CC3)c3ncc(C#N)n3n2)c1. The van der Waals surface area contributed by atoms with E-state index in [4.69, 9.17) is 0 Å². The number of carbonyl (C=O) groups excluding carboxylic acids is 1. The first-order valence-electron chi connectivity index (χ1n) is 8.44. The number of fused-ring (bicyclic) bond motifs is 1. The van der Waals surface area contributed by atoms with E-state index < -0.39 is 6.09 Å². The zero-order valence-electron chi connectivity index (χ0n) is 14.6. The first-order valence-corrected chi connectivity index (χ1v) is 8.44. The number of nitriles is 1. The molecule has 1 amide bonds. The maximum absolute atomic E-state index is 11.4. The summed E-state index contributed by atoms with van der Waals surface area (Å²) in [6.07, 6.45) is 3.19. The standard InChI is InChI=1S/C18H17N7O2/c1-27-18(26)23-13-4-2-3-12(7-13)22-16-8-15(21-11-5-6-11)17-20-10-14(9-19)25(17)24-16/h2-4,7-8,10-11,21H,5-6H2,1H3,(H,22,24)(H,23,26). The molecule has 1 fully saturated rings. The smallest absolute Gasteiger partial charge is 0.411 e. The molecule has 136 valence electrons. The second-order valence-corrected chi connectivity index (χ2v) is 6.17. The summed E-state index contributed by atoms with van der Waals surface area (Å²) in [4.78, 5) is 15.7. The molecule has 0 spiro atoms. The molecule has 0 radical (unpaired) electrons. The molecule has 0 atom stereocenters. The Balaban J connectivity index is 1.66. The zero-order chi connectivity index (χ0) is 18.8. The average Bonchev–Trinajstić information content (AvgIpc) is 3.38. The predicted octanol–water partition coefficient (Wildman–Crippen LogP) is 3.10. The van der Waals surface area contributed by atoms with Gasteiger partial charge in [0, 0.05) is 23.5 Å². The number of aromatic nitrogens is 3. The number of methoxy groups -OCH3 is 1. The van der Waals surface area contributed by atoms with Crippen LogP contribution in [0, 0.1) is 11.3 Å². The Labute approximate surface area is 155 Å². The summed E-state index contributed by atoms with van der Waals surface area (Å²) >= 11 is 0. The van der Waals surface area contributed by atoms with Crippen molar-refractivity contribution in [3.05, 3.63) is 42.2 Å². The summed E-state index contributed by atoms with van der Waals surface area (Å²) in [6, 6.07) is 11.5. The van der Waals surface area contributed by atoms with Gasteiger partial charge in [0.05, 0.1) is 19.0 Å². The minimum atomic E-state index is -0.542. The average molecular weight is 363 g/mol. The fourth-order valence-corrected chi connectivity index (χ4v) is 2.65. The lowest BCUT2D eigenvalue weighted by Gasteiger charge is -2.12. The number of benzene rings is 1. The van der Waals surface area contributed by atoms with E-state index in [0.29, 0.717) is 28.9 Å². The summed E-state index contributed by atoms with van der Waals surface area (Å²) < 4.78 is 6.12. The van der Waals surface area contributed by atoms with E-state index in [-0.39, 0.29) is 0 Å². The molecule has 0 bridgehead atoms. The van der Waals surface area contributed by atoms with Crippen molar-refractivity contribution in [2.75, 3.05) is 23.1 Å². The van der Waals surface area contributed by atoms with Crippen molar-refractivity contribution >= 4 is 34.6 Å². The van der Waals surface area contributed by atoms with E-state index in [1.165, 1.54) is 17.8 Å². The van der Waals surface area contributed by atoms with Crippen LogP contribution in [0.4, 0.5) is 27.7 Å². The van der Waals surface area contributed by atoms with E-state index in [1.807, 2.05) is 12.1 Å². The fourth-order valence-electron chi connectivity index (χ4n) is 2.65. The van der Waals surface area contributed by atoms with Crippen molar-refractivity contribution < 1.29 is 9.53 Å². The summed E-state index contributed by atoms with van der Waals surface area (Å²) in [7, 11) is 1.31. The van der Waals surface area contributed by atoms with Gasteiger partial charge >= 0.3 is 6.09 Å². The zero-order valence-corrected chi connectivity index (χ0v) is 14.6. The van der Waals surface area contributed by atoms with Crippen LogP contribution in [0.2, 0.25) is 0 Å². The van der Waals surface area contributed by atoms with Gasteiger partial charge in [0.25, 0.3) is 0 Å². The fraction of sp³-hybridized carbons (Fsp3) is 0.222.